The van der Waals surface area contributed by atoms with E-state index in [1.807, 2.05) is 12.1 Å². The number of benzene rings is 1. The summed E-state index contributed by atoms with van der Waals surface area (Å²) in [7, 11) is 0. The lowest BCUT2D eigenvalue weighted by molar-refractivity contribution is -0.0716. The Labute approximate surface area is 120 Å². The molecule has 6 heteroatoms. The largest absolute Gasteiger partial charge is 0.476 e. The zero-order valence-electron chi connectivity index (χ0n) is 11.2. The highest BCUT2D eigenvalue weighted by atomic mass is 16.7. The lowest BCUT2D eigenvalue weighted by Gasteiger charge is -2.21. The maximum Gasteiger partial charge on any atom is 0.358 e. The Morgan fingerprint density at radius 1 is 1.14 bits per heavy atom. The molecule has 0 saturated heterocycles. The van der Waals surface area contributed by atoms with Crippen LogP contribution in [0.3, 0.4) is 0 Å². The van der Waals surface area contributed by atoms with Crippen molar-refractivity contribution in [2.24, 2.45) is 0 Å². The number of hydrogen-bond acceptors (Lipinski definition) is 5. The number of ether oxygens (including phenoxy) is 2. The van der Waals surface area contributed by atoms with Gasteiger partial charge >= 0.3 is 5.97 Å². The third kappa shape index (κ3) is 1.94. The van der Waals surface area contributed by atoms with Crippen LogP contribution in [-0.4, -0.2) is 22.0 Å². The summed E-state index contributed by atoms with van der Waals surface area (Å²) in [5, 5.41) is 12.4. The summed E-state index contributed by atoms with van der Waals surface area (Å²) >= 11 is 0. The Bertz CT molecular complexity index is 715. The molecule has 0 radical (unpaired) electrons. The van der Waals surface area contributed by atoms with Crippen molar-refractivity contribution in [1.82, 2.24) is 5.16 Å². The average molecular weight is 287 g/mol. The van der Waals surface area contributed by atoms with Crippen LogP contribution in [0.2, 0.25) is 0 Å². The van der Waals surface area contributed by atoms with Gasteiger partial charge in [-0.15, -0.1) is 0 Å². The predicted molar refractivity (Wildman–Crippen MR) is 71.4 cm³/mol. The molecule has 2 aromatic rings. The summed E-state index contributed by atoms with van der Waals surface area (Å²) in [6.45, 7) is 0. The first-order valence-electron chi connectivity index (χ1n) is 6.88. The monoisotopic (exact) mass is 287 g/mol. The fraction of sp³-hybridized carbons (Fsp3) is 0.333. The van der Waals surface area contributed by atoms with Crippen molar-refractivity contribution in [2.75, 3.05) is 0 Å². The molecule has 21 heavy (non-hydrogen) atoms. The number of rotatable bonds is 2. The molecule has 2 heterocycles. The number of carbonyl (C=O) groups is 1. The van der Waals surface area contributed by atoms with Crippen LogP contribution in [0, 0.1) is 0 Å². The smallest absolute Gasteiger partial charge is 0.358 e. The lowest BCUT2D eigenvalue weighted by Crippen LogP contribution is -2.34. The molecule has 108 valence electrons. The topological polar surface area (TPSA) is 81.8 Å². The maximum absolute atomic E-state index is 10.8. The van der Waals surface area contributed by atoms with E-state index in [1.165, 1.54) is 6.07 Å². The maximum atomic E-state index is 10.8. The molecule has 1 spiro atoms. The molecule has 1 aliphatic heterocycles. The van der Waals surface area contributed by atoms with Crippen molar-refractivity contribution in [2.45, 2.75) is 31.5 Å². The van der Waals surface area contributed by atoms with Crippen molar-refractivity contribution in [1.29, 1.82) is 0 Å². The highest BCUT2D eigenvalue weighted by Crippen LogP contribution is 2.47. The quantitative estimate of drug-likeness (QED) is 0.914. The van der Waals surface area contributed by atoms with Crippen LogP contribution in [0.1, 0.15) is 36.2 Å². The first-order valence-corrected chi connectivity index (χ1v) is 6.88. The number of carboxylic acids is 1. The van der Waals surface area contributed by atoms with Gasteiger partial charge in [0.05, 0.1) is 0 Å². The molecule has 2 aliphatic rings. The number of aromatic carboxylic acids is 1. The van der Waals surface area contributed by atoms with Gasteiger partial charge in [0.1, 0.15) is 0 Å². The van der Waals surface area contributed by atoms with Gasteiger partial charge in [0, 0.05) is 24.5 Å². The Balaban J connectivity index is 1.66. The summed E-state index contributed by atoms with van der Waals surface area (Å²) in [5.41, 5.74) is 0.599. The first-order chi connectivity index (χ1) is 10.2. The third-order valence-electron chi connectivity index (χ3n) is 3.91. The van der Waals surface area contributed by atoms with Crippen LogP contribution in [0.5, 0.6) is 11.5 Å². The van der Waals surface area contributed by atoms with Gasteiger partial charge in [-0.2, -0.15) is 0 Å². The van der Waals surface area contributed by atoms with E-state index in [2.05, 4.69) is 5.16 Å². The molecule has 0 atom stereocenters. The minimum Gasteiger partial charge on any atom is -0.476 e. The van der Waals surface area contributed by atoms with Gasteiger partial charge in [0.15, 0.2) is 23.0 Å². The molecule has 0 bridgehead atoms. The number of hydrogen-bond donors (Lipinski definition) is 1. The first kappa shape index (κ1) is 12.3. The van der Waals surface area contributed by atoms with Crippen LogP contribution in [0.15, 0.2) is 28.8 Å². The Morgan fingerprint density at radius 2 is 1.90 bits per heavy atom. The Hall–Kier alpha value is -2.50. The third-order valence-corrected chi connectivity index (χ3v) is 3.91. The second-order valence-electron chi connectivity index (χ2n) is 5.36. The van der Waals surface area contributed by atoms with E-state index in [1.54, 1.807) is 6.07 Å². The van der Waals surface area contributed by atoms with Crippen molar-refractivity contribution in [3.05, 3.63) is 30.0 Å². The highest BCUT2D eigenvalue weighted by molar-refractivity contribution is 5.86. The van der Waals surface area contributed by atoms with E-state index in [0.717, 1.165) is 31.4 Å². The standard InChI is InChI=1S/C15H13NO5/c17-14(18)10-8-12(21-16-10)9-3-4-11-13(7-9)20-15(19-11)5-1-2-6-15/h3-4,7-8H,1-2,5-6H2,(H,17,18). The summed E-state index contributed by atoms with van der Waals surface area (Å²) < 4.78 is 17.0. The van der Waals surface area contributed by atoms with E-state index >= 15 is 0 Å². The molecule has 4 rings (SSSR count). The van der Waals surface area contributed by atoms with Gasteiger partial charge in [-0.25, -0.2) is 4.79 Å². The van der Waals surface area contributed by atoms with Crippen LogP contribution in [-0.2, 0) is 0 Å². The molecule has 1 N–H and O–H groups in total. The van der Waals surface area contributed by atoms with Crippen molar-refractivity contribution in [3.8, 4) is 22.8 Å². The zero-order valence-corrected chi connectivity index (χ0v) is 11.2. The van der Waals surface area contributed by atoms with Gasteiger partial charge < -0.3 is 19.1 Å². The fourth-order valence-corrected chi connectivity index (χ4v) is 2.88. The van der Waals surface area contributed by atoms with Gasteiger partial charge in [-0.3, -0.25) is 0 Å². The molecule has 1 aromatic carbocycles. The molecule has 0 amide bonds. The molecular formula is C15H13NO5. The minimum atomic E-state index is -1.12. The molecule has 1 aromatic heterocycles. The molecule has 0 unspecified atom stereocenters. The van der Waals surface area contributed by atoms with Crippen molar-refractivity contribution >= 4 is 5.97 Å². The van der Waals surface area contributed by atoms with E-state index < -0.39 is 11.8 Å². The fourth-order valence-electron chi connectivity index (χ4n) is 2.88. The van der Waals surface area contributed by atoms with Crippen molar-refractivity contribution < 1.29 is 23.9 Å². The predicted octanol–water partition coefficient (Wildman–Crippen LogP) is 3.08. The Kier molecular flexibility index (Phi) is 2.48. The molecule has 6 nitrogen and oxygen atoms in total. The van der Waals surface area contributed by atoms with Crippen LogP contribution in [0.4, 0.5) is 0 Å². The Morgan fingerprint density at radius 3 is 2.62 bits per heavy atom. The summed E-state index contributed by atoms with van der Waals surface area (Å²) in [6, 6.07) is 6.82. The number of nitrogens with zero attached hydrogens (tertiary/aromatic N) is 1. The lowest BCUT2D eigenvalue weighted by atomic mass is 10.1. The molecule has 1 aliphatic carbocycles. The second-order valence-corrected chi connectivity index (χ2v) is 5.36. The van der Waals surface area contributed by atoms with Gasteiger partial charge in [-0.1, -0.05) is 5.16 Å². The normalized spacial score (nSPS) is 18.3. The molecule has 1 fully saturated rings. The van der Waals surface area contributed by atoms with Crippen LogP contribution < -0.4 is 9.47 Å². The van der Waals surface area contributed by atoms with E-state index in [9.17, 15) is 4.79 Å². The van der Waals surface area contributed by atoms with Gasteiger partial charge in [-0.05, 0) is 31.0 Å². The minimum absolute atomic E-state index is 0.116. The SMILES string of the molecule is O=C(O)c1cc(-c2ccc3c(c2)OC2(CCCC2)O3)on1. The number of fused-ring (bicyclic) bond motifs is 1. The van der Waals surface area contributed by atoms with Crippen LogP contribution in [0.25, 0.3) is 11.3 Å². The van der Waals surface area contributed by atoms with E-state index in [4.69, 9.17) is 19.1 Å². The molecular weight excluding hydrogens is 274 g/mol. The summed E-state index contributed by atoms with van der Waals surface area (Å²) in [5.74, 6) is 0.164. The van der Waals surface area contributed by atoms with Gasteiger partial charge in [0.25, 0.3) is 5.79 Å². The second kappa shape index (κ2) is 4.25. The number of carboxylic acid groups (broad SMARTS) is 1. The van der Waals surface area contributed by atoms with Crippen molar-refractivity contribution in [3.63, 3.8) is 0 Å². The number of aromatic nitrogens is 1. The summed E-state index contributed by atoms with van der Waals surface area (Å²) in [4.78, 5) is 10.8. The highest BCUT2D eigenvalue weighted by Gasteiger charge is 2.44. The average Bonchev–Trinajstić information content (AvgIpc) is 3.17. The summed E-state index contributed by atoms with van der Waals surface area (Å²) in [6.07, 6.45) is 3.99. The van der Waals surface area contributed by atoms with Gasteiger partial charge in [0.2, 0.25) is 0 Å². The van der Waals surface area contributed by atoms with E-state index in [0.29, 0.717) is 17.1 Å². The molecule has 1 saturated carbocycles. The van der Waals surface area contributed by atoms with Crippen LogP contribution >= 0.6 is 0 Å². The zero-order chi connectivity index (χ0) is 14.4. The van der Waals surface area contributed by atoms with E-state index in [-0.39, 0.29) is 5.69 Å².